The predicted octanol–water partition coefficient (Wildman–Crippen LogP) is 2.31. The van der Waals surface area contributed by atoms with Crippen LogP contribution in [0.5, 0.6) is 0 Å². The molecule has 118 valence electrons. The predicted molar refractivity (Wildman–Crippen MR) is 88.2 cm³/mol. The quantitative estimate of drug-likeness (QED) is 0.924. The molecular weight excluding hydrogens is 298 g/mol. The summed E-state index contributed by atoms with van der Waals surface area (Å²) in [4.78, 5) is 21.1. The molecule has 0 unspecified atom stereocenters. The third-order valence-electron chi connectivity index (χ3n) is 4.19. The van der Waals surface area contributed by atoms with Gasteiger partial charge in [-0.25, -0.2) is 9.78 Å². The third-order valence-corrected chi connectivity index (χ3v) is 5.05. The van der Waals surface area contributed by atoms with Gasteiger partial charge in [-0.1, -0.05) is 0 Å². The maximum Gasteiger partial charge on any atom is 0.321 e. The fourth-order valence-corrected chi connectivity index (χ4v) is 3.50. The summed E-state index contributed by atoms with van der Waals surface area (Å²) in [7, 11) is 4.07. The number of nitrogens with zero attached hydrogens (tertiary/aromatic N) is 4. The lowest BCUT2D eigenvalue weighted by Gasteiger charge is -2.38. The number of carbonyl (C=O) groups excluding carboxylic acids is 1. The lowest BCUT2D eigenvalue weighted by molar-refractivity contribution is 0.110. The number of aryl methyl sites for hydroxylation is 2. The summed E-state index contributed by atoms with van der Waals surface area (Å²) >= 11 is 1.60. The molecule has 22 heavy (non-hydrogen) atoms. The van der Waals surface area contributed by atoms with Gasteiger partial charge < -0.3 is 14.8 Å². The van der Waals surface area contributed by atoms with Crippen molar-refractivity contribution in [1.29, 1.82) is 0 Å². The SMILES string of the molecule is Cc1cscc1NC(=O)N1CCN(C)[C@H](c2nccn2C)C1. The van der Waals surface area contributed by atoms with Crippen molar-refractivity contribution in [1.82, 2.24) is 19.4 Å². The van der Waals surface area contributed by atoms with Crippen molar-refractivity contribution in [2.45, 2.75) is 13.0 Å². The first-order valence-corrected chi connectivity index (χ1v) is 8.26. The molecule has 0 saturated carbocycles. The second kappa shape index (κ2) is 6.10. The van der Waals surface area contributed by atoms with E-state index >= 15 is 0 Å². The molecule has 1 N–H and O–H groups in total. The van der Waals surface area contributed by atoms with Crippen LogP contribution in [0.3, 0.4) is 0 Å². The summed E-state index contributed by atoms with van der Waals surface area (Å²) in [5, 5.41) is 7.02. The number of hydrogen-bond acceptors (Lipinski definition) is 4. The molecule has 0 aromatic carbocycles. The molecular formula is C15H21N5OS. The zero-order valence-electron chi connectivity index (χ0n) is 13.1. The largest absolute Gasteiger partial charge is 0.337 e. The zero-order chi connectivity index (χ0) is 15.7. The Morgan fingerprint density at radius 2 is 2.18 bits per heavy atom. The van der Waals surface area contributed by atoms with Crippen LogP contribution in [0.25, 0.3) is 0 Å². The minimum Gasteiger partial charge on any atom is -0.337 e. The number of piperazine rings is 1. The number of aromatic nitrogens is 2. The number of likely N-dealkylation sites (N-methyl/N-ethyl adjacent to an activating group) is 1. The number of carbonyl (C=O) groups is 1. The molecule has 2 aromatic rings. The van der Waals surface area contributed by atoms with Gasteiger partial charge in [0.1, 0.15) is 5.82 Å². The number of amides is 2. The van der Waals surface area contributed by atoms with Crippen LogP contribution >= 0.6 is 11.3 Å². The number of rotatable bonds is 2. The highest BCUT2D eigenvalue weighted by molar-refractivity contribution is 7.08. The number of imidazole rings is 1. The standard InChI is InChI=1S/C15H21N5OS/c1-11-9-22-10-12(11)17-15(21)20-7-6-18(2)13(8-20)14-16-4-5-19(14)3/h4-5,9-10,13H,6-8H2,1-3H3,(H,17,21)/t13-/m0/s1. The first-order valence-electron chi connectivity index (χ1n) is 7.32. The van der Waals surface area contributed by atoms with E-state index in [2.05, 4.69) is 22.2 Å². The molecule has 0 spiro atoms. The second-order valence-corrected chi connectivity index (χ2v) is 6.48. The van der Waals surface area contributed by atoms with Crippen LogP contribution in [-0.2, 0) is 7.05 Å². The zero-order valence-corrected chi connectivity index (χ0v) is 13.9. The topological polar surface area (TPSA) is 53.4 Å². The number of urea groups is 1. The Morgan fingerprint density at radius 1 is 1.36 bits per heavy atom. The van der Waals surface area contributed by atoms with Gasteiger partial charge in [-0.15, -0.1) is 11.3 Å². The van der Waals surface area contributed by atoms with Gasteiger partial charge in [-0.2, -0.15) is 0 Å². The van der Waals surface area contributed by atoms with E-state index in [1.54, 1.807) is 17.5 Å². The summed E-state index contributed by atoms with van der Waals surface area (Å²) in [6.07, 6.45) is 3.74. The minimum atomic E-state index is -0.0335. The lowest BCUT2D eigenvalue weighted by atomic mass is 10.1. The van der Waals surface area contributed by atoms with E-state index in [-0.39, 0.29) is 12.1 Å². The van der Waals surface area contributed by atoms with Crippen molar-refractivity contribution in [3.63, 3.8) is 0 Å². The highest BCUT2D eigenvalue weighted by Gasteiger charge is 2.30. The Labute approximate surface area is 134 Å². The van der Waals surface area contributed by atoms with Crippen molar-refractivity contribution in [2.24, 2.45) is 7.05 Å². The van der Waals surface area contributed by atoms with Gasteiger partial charge >= 0.3 is 6.03 Å². The third kappa shape index (κ3) is 2.86. The van der Waals surface area contributed by atoms with Crippen molar-refractivity contribution in [3.05, 3.63) is 34.5 Å². The summed E-state index contributed by atoms with van der Waals surface area (Å²) in [5.74, 6) is 0.992. The van der Waals surface area contributed by atoms with Gasteiger partial charge in [-0.3, -0.25) is 4.90 Å². The summed E-state index contributed by atoms with van der Waals surface area (Å²) < 4.78 is 2.02. The van der Waals surface area contributed by atoms with Crippen LogP contribution in [-0.4, -0.2) is 52.1 Å². The number of anilines is 1. The number of nitrogens with one attached hydrogen (secondary N) is 1. The Kier molecular flexibility index (Phi) is 4.17. The van der Waals surface area contributed by atoms with Crippen molar-refractivity contribution in [3.8, 4) is 0 Å². The summed E-state index contributed by atoms with van der Waals surface area (Å²) in [5.41, 5.74) is 2.01. The molecule has 0 aliphatic carbocycles. The van der Waals surface area contributed by atoms with Crippen LogP contribution in [0.15, 0.2) is 23.2 Å². The molecule has 3 rings (SSSR count). The van der Waals surface area contributed by atoms with Crippen molar-refractivity contribution >= 4 is 23.1 Å². The monoisotopic (exact) mass is 319 g/mol. The molecule has 1 fully saturated rings. The van der Waals surface area contributed by atoms with Crippen molar-refractivity contribution in [2.75, 3.05) is 32.0 Å². The van der Waals surface area contributed by atoms with Crippen LogP contribution in [0, 0.1) is 6.92 Å². The van der Waals surface area contributed by atoms with E-state index in [9.17, 15) is 4.79 Å². The Morgan fingerprint density at radius 3 is 2.82 bits per heavy atom. The van der Waals surface area contributed by atoms with Crippen LogP contribution in [0.4, 0.5) is 10.5 Å². The highest BCUT2D eigenvalue weighted by Crippen LogP contribution is 2.24. The molecule has 2 aromatic heterocycles. The Balaban J connectivity index is 1.71. The van der Waals surface area contributed by atoms with Gasteiger partial charge in [0, 0.05) is 44.5 Å². The van der Waals surface area contributed by atoms with E-state index in [4.69, 9.17) is 0 Å². The fourth-order valence-electron chi connectivity index (χ4n) is 2.72. The van der Waals surface area contributed by atoms with Gasteiger partial charge in [0.2, 0.25) is 0 Å². The molecule has 0 bridgehead atoms. The molecule has 1 aliphatic rings. The van der Waals surface area contributed by atoms with E-state index in [1.807, 2.05) is 40.4 Å². The Bertz CT molecular complexity index is 664. The van der Waals surface area contributed by atoms with Gasteiger partial charge in [0.15, 0.2) is 0 Å². The maximum absolute atomic E-state index is 12.5. The minimum absolute atomic E-state index is 0.0335. The first kappa shape index (κ1) is 15.1. The van der Waals surface area contributed by atoms with Crippen molar-refractivity contribution < 1.29 is 4.79 Å². The molecule has 7 heteroatoms. The highest BCUT2D eigenvalue weighted by atomic mass is 32.1. The summed E-state index contributed by atoms with van der Waals surface area (Å²) in [6, 6.07) is 0.0943. The van der Waals surface area contributed by atoms with Gasteiger partial charge in [0.05, 0.1) is 11.7 Å². The molecule has 2 amide bonds. The average molecular weight is 319 g/mol. The molecule has 1 saturated heterocycles. The normalized spacial score (nSPS) is 19.4. The lowest BCUT2D eigenvalue weighted by Crippen LogP contribution is -2.50. The first-order chi connectivity index (χ1) is 10.6. The van der Waals surface area contributed by atoms with E-state index < -0.39 is 0 Å². The molecule has 6 nitrogen and oxygen atoms in total. The molecule has 1 atom stereocenters. The van der Waals surface area contributed by atoms with Crippen LogP contribution < -0.4 is 5.32 Å². The molecule has 1 aliphatic heterocycles. The van der Waals surface area contributed by atoms with E-state index in [1.165, 1.54) is 0 Å². The molecule has 0 radical (unpaired) electrons. The smallest absolute Gasteiger partial charge is 0.321 e. The number of thiophene rings is 1. The van der Waals surface area contributed by atoms with Gasteiger partial charge in [-0.05, 0) is 24.9 Å². The summed E-state index contributed by atoms with van der Waals surface area (Å²) in [6.45, 7) is 4.23. The second-order valence-electron chi connectivity index (χ2n) is 5.74. The fraction of sp³-hybridized carbons (Fsp3) is 0.467. The number of hydrogen-bond donors (Lipinski definition) is 1. The maximum atomic E-state index is 12.5. The molecule has 3 heterocycles. The van der Waals surface area contributed by atoms with E-state index in [0.29, 0.717) is 6.54 Å². The Hall–Kier alpha value is -1.86. The van der Waals surface area contributed by atoms with Gasteiger partial charge in [0.25, 0.3) is 0 Å². The van der Waals surface area contributed by atoms with Crippen LogP contribution in [0.2, 0.25) is 0 Å². The van der Waals surface area contributed by atoms with E-state index in [0.717, 1.165) is 30.2 Å². The van der Waals surface area contributed by atoms with Crippen LogP contribution in [0.1, 0.15) is 17.4 Å². The average Bonchev–Trinajstić information content (AvgIpc) is 3.09.